The Morgan fingerprint density at radius 2 is 1.09 bits per heavy atom. The van der Waals surface area contributed by atoms with Crippen LogP contribution < -0.4 is 11.1 Å². The Hall–Kier alpha value is -3.45. The number of rotatable bonds is 36. The second-order valence-corrected chi connectivity index (χ2v) is 13.7. The van der Waals surface area contributed by atoms with Crippen molar-refractivity contribution in [3.63, 3.8) is 0 Å². The minimum Gasteiger partial charge on any atom is -0.480 e. The first-order valence-electron chi connectivity index (χ1n) is 20.9. The van der Waals surface area contributed by atoms with E-state index in [-0.39, 0.29) is 18.0 Å². The van der Waals surface area contributed by atoms with Crippen LogP contribution in [0.25, 0.3) is 0 Å². The third-order valence-corrected chi connectivity index (χ3v) is 8.68. The van der Waals surface area contributed by atoms with Gasteiger partial charge in [-0.2, -0.15) is 0 Å². The number of carbonyl (C=O) groups is 3. The van der Waals surface area contributed by atoms with Crippen LogP contribution in [0.4, 0.5) is 0 Å². The molecule has 2 unspecified atom stereocenters. The Labute approximate surface area is 324 Å². The number of carboxylic acids is 1. The molecule has 0 aromatic carbocycles. The number of carboxylic acid groups (broad SMARTS) is 1. The Bertz CT molecular complexity index is 1100. The standard InChI is InChI=1S/C46H76N2O5/c1-3-5-7-9-11-12-13-14-15-16-17-18-19-20-21-22-23-24-26-28-34-40-45(50)53-42(36-31-27-25-10-8-6-4-2)37-32-29-30-33-39-44(49)48-43(46(51)52)38-35-41-47/h5,7,11-12,14-15,17-18,20-21,23-24,31,36,42-43H,3-4,6,8-10,13,16,19,22,25-30,32-35,37-41,47H2,1-2H3,(H,48,49)(H,51,52)/b7-5-,12-11-,15-14-,18-17-,21-20-,24-23-,36-31-. The van der Waals surface area contributed by atoms with E-state index in [9.17, 15) is 19.5 Å². The highest BCUT2D eigenvalue weighted by molar-refractivity contribution is 5.83. The highest BCUT2D eigenvalue weighted by atomic mass is 16.5. The largest absolute Gasteiger partial charge is 0.480 e. The molecule has 2 atom stereocenters. The number of hydrogen-bond donors (Lipinski definition) is 3. The fourth-order valence-corrected chi connectivity index (χ4v) is 5.54. The molecule has 7 heteroatoms. The molecular formula is C46H76N2O5. The maximum absolute atomic E-state index is 12.7. The molecule has 300 valence electrons. The van der Waals surface area contributed by atoms with Crippen LogP contribution in [0.3, 0.4) is 0 Å². The summed E-state index contributed by atoms with van der Waals surface area (Å²) in [6.45, 7) is 4.77. The molecular weight excluding hydrogens is 661 g/mol. The number of nitrogens with two attached hydrogens (primary N) is 1. The van der Waals surface area contributed by atoms with E-state index in [1.165, 1.54) is 25.7 Å². The molecule has 0 aromatic rings. The number of nitrogens with one attached hydrogen (secondary N) is 1. The van der Waals surface area contributed by atoms with Crippen molar-refractivity contribution in [3.8, 4) is 0 Å². The van der Waals surface area contributed by atoms with Crippen LogP contribution in [0, 0.1) is 0 Å². The average Bonchev–Trinajstić information content (AvgIpc) is 3.14. The molecule has 0 fully saturated rings. The summed E-state index contributed by atoms with van der Waals surface area (Å²) in [7, 11) is 0. The lowest BCUT2D eigenvalue weighted by atomic mass is 10.1. The van der Waals surface area contributed by atoms with Gasteiger partial charge in [0.2, 0.25) is 5.91 Å². The van der Waals surface area contributed by atoms with E-state index in [0.29, 0.717) is 38.6 Å². The number of carbonyl (C=O) groups excluding carboxylic acids is 2. The minimum atomic E-state index is -1.02. The van der Waals surface area contributed by atoms with E-state index < -0.39 is 12.0 Å². The Balaban J connectivity index is 4.31. The maximum Gasteiger partial charge on any atom is 0.326 e. The number of aliphatic carboxylic acids is 1. The van der Waals surface area contributed by atoms with E-state index >= 15 is 0 Å². The molecule has 7 nitrogen and oxygen atoms in total. The van der Waals surface area contributed by atoms with Crippen LogP contribution in [0.2, 0.25) is 0 Å². The molecule has 0 aliphatic rings. The van der Waals surface area contributed by atoms with E-state index in [1.54, 1.807) is 0 Å². The van der Waals surface area contributed by atoms with Gasteiger partial charge < -0.3 is 20.9 Å². The van der Waals surface area contributed by atoms with Crippen LogP contribution in [0.5, 0.6) is 0 Å². The second-order valence-electron chi connectivity index (χ2n) is 13.7. The second kappa shape index (κ2) is 39.8. The van der Waals surface area contributed by atoms with Crippen molar-refractivity contribution < 1.29 is 24.2 Å². The first-order valence-corrected chi connectivity index (χ1v) is 20.9. The SMILES string of the molecule is CC/C=C\C/C=C\C/C=C\C/C=C\C/C=C\C/C=C\CCCCC(=O)OC(/C=C\CCCCCCC)CCCCCCC(=O)NC(CCCN)C(=O)O. The van der Waals surface area contributed by atoms with Gasteiger partial charge in [0, 0.05) is 12.8 Å². The van der Waals surface area contributed by atoms with Gasteiger partial charge in [-0.15, -0.1) is 0 Å². The predicted molar refractivity (Wildman–Crippen MR) is 225 cm³/mol. The van der Waals surface area contributed by atoms with Crippen molar-refractivity contribution in [1.82, 2.24) is 5.32 Å². The number of hydrogen-bond acceptors (Lipinski definition) is 5. The zero-order chi connectivity index (χ0) is 38.9. The third kappa shape index (κ3) is 36.7. The van der Waals surface area contributed by atoms with Gasteiger partial charge in [0.25, 0.3) is 0 Å². The molecule has 0 spiro atoms. The first-order chi connectivity index (χ1) is 25.9. The van der Waals surface area contributed by atoms with Crippen molar-refractivity contribution in [2.45, 2.75) is 180 Å². The first kappa shape index (κ1) is 49.6. The van der Waals surface area contributed by atoms with E-state index in [1.807, 2.05) is 0 Å². The maximum atomic E-state index is 12.7. The Morgan fingerprint density at radius 1 is 0.585 bits per heavy atom. The van der Waals surface area contributed by atoms with Crippen LogP contribution in [0.15, 0.2) is 85.1 Å². The molecule has 0 saturated heterocycles. The van der Waals surface area contributed by atoms with Crippen molar-refractivity contribution in [1.29, 1.82) is 0 Å². The lowest BCUT2D eigenvalue weighted by Gasteiger charge is -2.15. The summed E-state index contributed by atoms with van der Waals surface area (Å²) < 4.78 is 5.89. The summed E-state index contributed by atoms with van der Waals surface area (Å²) in [6.07, 6.45) is 52.1. The molecule has 0 rings (SSSR count). The summed E-state index contributed by atoms with van der Waals surface area (Å²) in [5.41, 5.74) is 5.47. The molecule has 53 heavy (non-hydrogen) atoms. The molecule has 0 aliphatic carbocycles. The molecule has 0 heterocycles. The summed E-state index contributed by atoms with van der Waals surface area (Å²) >= 11 is 0. The number of amides is 1. The minimum absolute atomic E-state index is 0.135. The lowest BCUT2D eigenvalue weighted by molar-refractivity contribution is -0.147. The summed E-state index contributed by atoms with van der Waals surface area (Å²) in [5, 5.41) is 11.9. The highest BCUT2D eigenvalue weighted by Gasteiger charge is 2.19. The van der Waals surface area contributed by atoms with Gasteiger partial charge in [-0.05, 0) is 115 Å². The average molecular weight is 737 g/mol. The monoisotopic (exact) mass is 737 g/mol. The zero-order valence-corrected chi connectivity index (χ0v) is 33.6. The summed E-state index contributed by atoms with van der Waals surface area (Å²) in [4.78, 5) is 36.2. The third-order valence-electron chi connectivity index (χ3n) is 8.68. The van der Waals surface area contributed by atoms with Gasteiger partial charge in [0.05, 0.1) is 0 Å². The number of unbranched alkanes of at least 4 members (excludes halogenated alkanes) is 10. The predicted octanol–water partition coefficient (Wildman–Crippen LogP) is 11.7. The van der Waals surface area contributed by atoms with Crippen molar-refractivity contribution in [2.75, 3.05) is 6.54 Å². The fraction of sp³-hybridized carbons (Fsp3) is 0.630. The smallest absolute Gasteiger partial charge is 0.326 e. The molecule has 0 radical (unpaired) electrons. The van der Waals surface area contributed by atoms with Crippen molar-refractivity contribution in [3.05, 3.63) is 85.1 Å². The van der Waals surface area contributed by atoms with E-state index in [4.69, 9.17) is 10.5 Å². The van der Waals surface area contributed by atoms with Gasteiger partial charge in [-0.1, -0.05) is 131 Å². The number of ether oxygens (including phenoxy) is 1. The molecule has 4 N–H and O–H groups in total. The van der Waals surface area contributed by atoms with E-state index in [0.717, 1.165) is 96.3 Å². The van der Waals surface area contributed by atoms with Crippen molar-refractivity contribution >= 4 is 17.8 Å². The molecule has 0 saturated carbocycles. The molecule has 0 aliphatic heterocycles. The van der Waals surface area contributed by atoms with Crippen LogP contribution >= 0.6 is 0 Å². The van der Waals surface area contributed by atoms with Gasteiger partial charge >= 0.3 is 11.9 Å². The van der Waals surface area contributed by atoms with Gasteiger partial charge in [0.15, 0.2) is 0 Å². The van der Waals surface area contributed by atoms with E-state index in [2.05, 4.69) is 104 Å². The van der Waals surface area contributed by atoms with Crippen LogP contribution in [0.1, 0.15) is 168 Å². The summed E-state index contributed by atoms with van der Waals surface area (Å²) in [6, 6.07) is -0.878. The fourth-order valence-electron chi connectivity index (χ4n) is 5.54. The Morgan fingerprint density at radius 3 is 1.68 bits per heavy atom. The van der Waals surface area contributed by atoms with Gasteiger partial charge in [-0.3, -0.25) is 9.59 Å². The lowest BCUT2D eigenvalue weighted by Crippen LogP contribution is -2.40. The van der Waals surface area contributed by atoms with Gasteiger partial charge in [0.1, 0.15) is 12.1 Å². The molecule has 0 bridgehead atoms. The normalized spacial score (nSPS) is 13.6. The van der Waals surface area contributed by atoms with Crippen molar-refractivity contribution in [2.24, 2.45) is 5.73 Å². The Kier molecular flexibility index (Phi) is 37.2. The van der Waals surface area contributed by atoms with Crippen LogP contribution in [-0.2, 0) is 19.1 Å². The molecule has 0 aromatic heterocycles. The zero-order valence-electron chi connectivity index (χ0n) is 33.6. The topological polar surface area (TPSA) is 119 Å². The summed E-state index contributed by atoms with van der Waals surface area (Å²) in [5.74, 6) is -1.39. The number of allylic oxidation sites excluding steroid dienone is 13. The van der Waals surface area contributed by atoms with Crippen LogP contribution in [-0.4, -0.2) is 41.6 Å². The highest BCUT2D eigenvalue weighted by Crippen LogP contribution is 2.14. The quantitative estimate of drug-likeness (QED) is 0.0335. The molecule has 1 amide bonds. The number of esters is 1. The van der Waals surface area contributed by atoms with Gasteiger partial charge in [-0.25, -0.2) is 4.79 Å².